The average molecular weight is 468 g/mol. The Morgan fingerprint density at radius 3 is 2.52 bits per heavy atom. The standard InChI is InChI=1S/C24H26ClN5O3/c1-13(27-21(32)22-29-23(30-33-22)24(2,3)4)17-8-7-15(11-18(17)25)16-9-10-26-19(12-16)28-20(31)14-5-6-14/h7-14H,5-6H2,1-4H3,(H,27,32)(H,26,28,31)/t13-/m1/s1. The molecule has 0 unspecified atom stereocenters. The predicted molar refractivity (Wildman–Crippen MR) is 125 cm³/mol. The van der Waals surface area contributed by atoms with E-state index in [2.05, 4.69) is 25.8 Å². The molecule has 2 N–H and O–H groups in total. The quantitative estimate of drug-likeness (QED) is 0.532. The molecule has 1 aliphatic rings. The van der Waals surface area contributed by atoms with E-state index in [1.807, 2.05) is 58.0 Å². The number of nitrogens with one attached hydrogen (secondary N) is 2. The monoisotopic (exact) mass is 467 g/mol. The molecule has 2 aromatic heterocycles. The predicted octanol–water partition coefficient (Wildman–Crippen LogP) is 4.92. The number of carbonyl (C=O) groups excluding carboxylic acids is 2. The highest BCUT2D eigenvalue weighted by Gasteiger charge is 2.30. The van der Waals surface area contributed by atoms with Crippen LogP contribution < -0.4 is 10.6 Å². The second kappa shape index (κ2) is 8.94. The zero-order valence-corrected chi connectivity index (χ0v) is 19.7. The van der Waals surface area contributed by atoms with Gasteiger partial charge in [0.05, 0.1) is 6.04 Å². The van der Waals surface area contributed by atoms with E-state index < -0.39 is 5.91 Å². The number of anilines is 1. The lowest BCUT2D eigenvalue weighted by atomic mass is 9.96. The number of benzene rings is 1. The molecule has 2 amide bonds. The van der Waals surface area contributed by atoms with Gasteiger partial charge in [-0.05, 0) is 54.7 Å². The smallest absolute Gasteiger partial charge is 0.315 e. The van der Waals surface area contributed by atoms with Gasteiger partial charge >= 0.3 is 11.8 Å². The molecule has 172 valence electrons. The summed E-state index contributed by atoms with van der Waals surface area (Å²) in [5, 5.41) is 10.1. The van der Waals surface area contributed by atoms with E-state index in [0.717, 1.165) is 29.5 Å². The summed E-state index contributed by atoms with van der Waals surface area (Å²) in [7, 11) is 0. The van der Waals surface area contributed by atoms with E-state index in [9.17, 15) is 9.59 Å². The highest BCUT2D eigenvalue weighted by atomic mass is 35.5. The van der Waals surface area contributed by atoms with Gasteiger partial charge in [0.1, 0.15) is 5.82 Å². The fraction of sp³-hybridized carbons (Fsp3) is 0.375. The number of aromatic nitrogens is 3. The van der Waals surface area contributed by atoms with Crippen LogP contribution in [0.4, 0.5) is 5.82 Å². The molecule has 0 spiro atoms. The van der Waals surface area contributed by atoms with E-state index in [-0.39, 0.29) is 29.2 Å². The molecule has 1 atom stereocenters. The first-order valence-corrected chi connectivity index (χ1v) is 11.2. The fourth-order valence-corrected chi connectivity index (χ4v) is 3.61. The van der Waals surface area contributed by atoms with Gasteiger partial charge in [-0.2, -0.15) is 4.98 Å². The molecule has 1 aliphatic carbocycles. The lowest BCUT2D eigenvalue weighted by Crippen LogP contribution is -2.27. The molecule has 4 rings (SSSR count). The van der Waals surface area contributed by atoms with Gasteiger partial charge < -0.3 is 15.2 Å². The first kappa shape index (κ1) is 22.9. The molecule has 0 radical (unpaired) electrons. The highest BCUT2D eigenvalue weighted by molar-refractivity contribution is 6.31. The van der Waals surface area contributed by atoms with Gasteiger partial charge in [0.15, 0.2) is 5.82 Å². The van der Waals surface area contributed by atoms with Crippen LogP contribution in [0.2, 0.25) is 5.02 Å². The Balaban J connectivity index is 1.46. The summed E-state index contributed by atoms with van der Waals surface area (Å²) in [5.74, 6) is 0.543. The van der Waals surface area contributed by atoms with Gasteiger partial charge in [0.2, 0.25) is 5.91 Å². The van der Waals surface area contributed by atoms with Crippen molar-refractivity contribution >= 4 is 29.2 Å². The fourth-order valence-electron chi connectivity index (χ4n) is 3.27. The minimum absolute atomic E-state index is 0.00784. The summed E-state index contributed by atoms with van der Waals surface area (Å²) in [6, 6.07) is 8.89. The number of pyridine rings is 1. The Hall–Kier alpha value is -3.26. The third kappa shape index (κ3) is 5.39. The Morgan fingerprint density at radius 2 is 1.88 bits per heavy atom. The molecule has 1 aromatic carbocycles. The number of halogens is 1. The molecule has 1 fully saturated rings. The topological polar surface area (TPSA) is 110 Å². The van der Waals surface area contributed by atoms with Gasteiger partial charge in [-0.15, -0.1) is 0 Å². The minimum atomic E-state index is -0.462. The molecule has 33 heavy (non-hydrogen) atoms. The molecule has 8 nitrogen and oxygen atoms in total. The van der Waals surface area contributed by atoms with Gasteiger partial charge in [-0.25, -0.2) is 4.98 Å². The van der Waals surface area contributed by atoms with Crippen molar-refractivity contribution in [2.24, 2.45) is 5.92 Å². The normalized spacial score (nSPS) is 14.6. The van der Waals surface area contributed by atoms with E-state index in [1.165, 1.54) is 0 Å². The largest absolute Gasteiger partial charge is 0.341 e. The minimum Gasteiger partial charge on any atom is -0.341 e. The van der Waals surface area contributed by atoms with Crippen molar-refractivity contribution < 1.29 is 14.1 Å². The summed E-state index contributed by atoms with van der Waals surface area (Å²) >= 11 is 6.55. The number of hydrogen-bond acceptors (Lipinski definition) is 6. The van der Waals surface area contributed by atoms with Crippen molar-refractivity contribution in [1.29, 1.82) is 0 Å². The molecule has 2 heterocycles. The number of carbonyl (C=O) groups is 2. The molecular formula is C24H26ClN5O3. The van der Waals surface area contributed by atoms with Crippen LogP contribution in [0.1, 0.15) is 68.7 Å². The zero-order chi connectivity index (χ0) is 23.8. The SMILES string of the molecule is C[C@@H](NC(=O)c1nc(C(C)(C)C)no1)c1ccc(-c2ccnc(NC(=O)C3CC3)c2)cc1Cl. The van der Waals surface area contributed by atoms with Crippen molar-refractivity contribution in [3.05, 3.63) is 58.8 Å². The summed E-state index contributed by atoms with van der Waals surface area (Å²) in [6.45, 7) is 7.65. The van der Waals surface area contributed by atoms with Crippen molar-refractivity contribution in [2.45, 2.75) is 52.0 Å². The Labute approximate surface area is 197 Å². The van der Waals surface area contributed by atoms with Crippen LogP contribution in [0, 0.1) is 5.92 Å². The van der Waals surface area contributed by atoms with Crippen molar-refractivity contribution in [2.75, 3.05) is 5.32 Å². The molecule has 1 saturated carbocycles. The van der Waals surface area contributed by atoms with Crippen LogP contribution in [0.15, 0.2) is 41.1 Å². The van der Waals surface area contributed by atoms with Crippen LogP contribution >= 0.6 is 11.6 Å². The van der Waals surface area contributed by atoms with Gasteiger partial charge in [0, 0.05) is 22.6 Å². The molecule has 0 aliphatic heterocycles. The Kier molecular flexibility index (Phi) is 6.21. The summed E-state index contributed by atoms with van der Waals surface area (Å²) in [4.78, 5) is 33.0. The van der Waals surface area contributed by atoms with Crippen molar-refractivity contribution in [3.63, 3.8) is 0 Å². The number of nitrogens with zero attached hydrogens (tertiary/aromatic N) is 3. The second-order valence-electron chi connectivity index (χ2n) is 9.30. The van der Waals surface area contributed by atoms with Crippen molar-refractivity contribution in [3.8, 4) is 11.1 Å². The summed E-state index contributed by atoms with van der Waals surface area (Å²) in [5.41, 5.74) is 2.18. The van der Waals surface area contributed by atoms with Crippen LogP contribution in [0.3, 0.4) is 0 Å². The lowest BCUT2D eigenvalue weighted by Gasteiger charge is -2.16. The van der Waals surface area contributed by atoms with Crippen LogP contribution in [-0.2, 0) is 10.2 Å². The third-order valence-electron chi connectivity index (χ3n) is 5.40. The number of amides is 2. The van der Waals surface area contributed by atoms with Gasteiger partial charge in [0.25, 0.3) is 0 Å². The highest BCUT2D eigenvalue weighted by Crippen LogP contribution is 2.32. The number of rotatable bonds is 6. The maximum absolute atomic E-state index is 12.6. The maximum atomic E-state index is 12.6. The van der Waals surface area contributed by atoms with Gasteiger partial charge in [-0.3, -0.25) is 9.59 Å². The first-order chi connectivity index (χ1) is 15.6. The Bertz CT molecular complexity index is 1200. The van der Waals surface area contributed by atoms with E-state index >= 15 is 0 Å². The third-order valence-corrected chi connectivity index (χ3v) is 5.73. The van der Waals surface area contributed by atoms with Crippen LogP contribution in [0.25, 0.3) is 11.1 Å². The maximum Gasteiger partial charge on any atom is 0.315 e. The van der Waals surface area contributed by atoms with Crippen LogP contribution in [-0.4, -0.2) is 26.9 Å². The summed E-state index contributed by atoms with van der Waals surface area (Å²) < 4.78 is 5.11. The van der Waals surface area contributed by atoms with Gasteiger partial charge in [-0.1, -0.05) is 49.7 Å². The van der Waals surface area contributed by atoms with E-state index in [1.54, 1.807) is 6.20 Å². The molecule has 0 bridgehead atoms. The molecule has 0 saturated heterocycles. The first-order valence-electron chi connectivity index (χ1n) is 10.8. The Morgan fingerprint density at radius 1 is 1.15 bits per heavy atom. The summed E-state index contributed by atoms with van der Waals surface area (Å²) in [6.07, 6.45) is 3.52. The lowest BCUT2D eigenvalue weighted by molar-refractivity contribution is -0.117. The van der Waals surface area contributed by atoms with E-state index in [4.69, 9.17) is 16.1 Å². The molecule has 9 heteroatoms. The number of hydrogen-bond donors (Lipinski definition) is 2. The second-order valence-corrected chi connectivity index (χ2v) is 9.71. The average Bonchev–Trinajstić information content (AvgIpc) is 3.48. The zero-order valence-electron chi connectivity index (χ0n) is 19.0. The molecular weight excluding hydrogens is 442 g/mol. The van der Waals surface area contributed by atoms with Crippen LogP contribution in [0.5, 0.6) is 0 Å². The van der Waals surface area contributed by atoms with E-state index in [0.29, 0.717) is 16.7 Å². The van der Waals surface area contributed by atoms with Crippen molar-refractivity contribution in [1.82, 2.24) is 20.4 Å². The molecule has 3 aromatic rings.